The van der Waals surface area contributed by atoms with Crippen LogP contribution in [0.3, 0.4) is 0 Å². The van der Waals surface area contributed by atoms with Crippen molar-refractivity contribution < 1.29 is 9.69 Å². The van der Waals surface area contributed by atoms with Crippen LogP contribution < -0.4 is 15.8 Å². The van der Waals surface area contributed by atoms with Crippen LogP contribution in [0.4, 0.5) is 0 Å². The SMILES string of the molecule is CC[NH+](CC)CCCNC(=O)Cn1c2ccccc2c2nc(=O)cc(C)n21. The molecule has 0 fully saturated rings. The second-order valence-corrected chi connectivity index (χ2v) is 6.86. The number of amides is 1. The third kappa shape index (κ3) is 4.03. The normalized spacial score (nSPS) is 11.6. The average Bonchev–Trinajstić information content (AvgIpc) is 2.96. The predicted molar refractivity (Wildman–Crippen MR) is 106 cm³/mol. The van der Waals surface area contributed by atoms with Crippen LogP contribution in [0.5, 0.6) is 0 Å². The molecule has 7 heteroatoms. The molecule has 0 atom stereocenters. The molecule has 3 rings (SSSR count). The summed E-state index contributed by atoms with van der Waals surface area (Å²) in [5.74, 6) is -0.0368. The van der Waals surface area contributed by atoms with E-state index < -0.39 is 0 Å². The summed E-state index contributed by atoms with van der Waals surface area (Å²) in [4.78, 5) is 30.1. The largest absolute Gasteiger partial charge is 0.354 e. The number of carbonyl (C=O) groups excluding carboxylic acids is 1. The fourth-order valence-electron chi connectivity index (χ4n) is 3.58. The Morgan fingerprint density at radius 1 is 1.22 bits per heavy atom. The van der Waals surface area contributed by atoms with Crippen LogP contribution in [-0.4, -0.2) is 46.3 Å². The zero-order valence-electron chi connectivity index (χ0n) is 16.3. The van der Waals surface area contributed by atoms with Gasteiger partial charge in [0, 0.05) is 30.1 Å². The van der Waals surface area contributed by atoms with Crippen LogP contribution in [0.1, 0.15) is 26.0 Å². The van der Waals surface area contributed by atoms with Crippen LogP contribution in [0, 0.1) is 6.92 Å². The number of hydrogen-bond acceptors (Lipinski definition) is 3. The monoisotopic (exact) mass is 370 g/mol. The van der Waals surface area contributed by atoms with Crippen molar-refractivity contribution in [1.82, 2.24) is 19.5 Å². The first-order chi connectivity index (χ1) is 13.0. The molecule has 27 heavy (non-hydrogen) atoms. The Morgan fingerprint density at radius 3 is 2.70 bits per heavy atom. The van der Waals surface area contributed by atoms with Crippen molar-refractivity contribution in [2.45, 2.75) is 33.7 Å². The number of benzene rings is 1. The minimum absolute atomic E-state index is 0.0368. The van der Waals surface area contributed by atoms with Gasteiger partial charge in [0.25, 0.3) is 5.56 Å². The van der Waals surface area contributed by atoms with E-state index in [0.717, 1.165) is 42.7 Å². The number of nitrogens with one attached hydrogen (secondary N) is 2. The second-order valence-electron chi connectivity index (χ2n) is 6.86. The van der Waals surface area contributed by atoms with Gasteiger partial charge in [-0.25, -0.2) is 4.52 Å². The molecule has 2 N–H and O–H groups in total. The summed E-state index contributed by atoms with van der Waals surface area (Å²) in [6, 6.07) is 9.21. The van der Waals surface area contributed by atoms with Crippen molar-refractivity contribution in [1.29, 1.82) is 0 Å². The molecule has 0 bridgehead atoms. The maximum Gasteiger partial charge on any atom is 0.273 e. The fourth-order valence-corrected chi connectivity index (χ4v) is 3.58. The molecule has 1 amide bonds. The molecule has 0 radical (unpaired) electrons. The lowest BCUT2D eigenvalue weighted by molar-refractivity contribution is -0.896. The highest BCUT2D eigenvalue weighted by Crippen LogP contribution is 2.21. The number of hydrogen-bond donors (Lipinski definition) is 2. The van der Waals surface area contributed by atoms with Crippen LogP contribution in [-0.2, 0) is 11.3 Å². The summed E-state index contributed by atoms with van der Waals surface area (Å²) in [6.07, 6.45) is 0.962. The third-order valence-corrected chi connectivity index (χ3v) is 5.07. The summed E-state index contributed by atoms with van der Waals surface area (Å²) in [7, 11) is 0. The van der Waals surface area contributed by atoms with Gasteiger partial charge in [-0.05, 0) is 32.9 Å². The molecular formula is C20H28N5O2+. The van der Waals surface area contributed by atoms with Crippen molar-refractivity contribution >= 4 is 22.5 Å². The molecule has 0 saturated heterocycles. The molecule has 1 aromatic carbocycles. The maximum absolute atomic E-state index is 12.5. The van der Waals surface area contributed by atoms with Crippen molar-refractivity contribution in [3.63, 3.8) is 0 Å². The van der Waals surface area contributed by atoms with Gasteiger partial charge in [0.05, 0.1) is 25.2 Å². The highest BCUT2D eigenvalue weighted by Gasteiger charge is 2.15. The number of rotatable bonds is 8. The number of carbonyl (C=O) groups is 1. The molecule has 0 spiro atoms. The Hall–Kier alpha value is -2.67. The van der Waals surface area contributed by atoms with Crippen LogP contribution in [0.25, 0.3) is 16.6 Å². The van der Waals surface area contributed by atoms with E-state index in [1.807, 2.05) is 40.4 Å². The lowest BCUT2D eigenvalue weighted by atomic mass is 10.2. The second kappa shape index (κ2) is 8.35. The summed E-state index contributed by atoms with van der Waals surface area (Å²) >= 11 is 0. The van der Waals surface area contributed by atoms with E-state index in [2.05, 4.69) is 24.1 Å². The van der Waals surface area contributed by atoms with Gasteiger partial charge < -0.3 is 10.2 Å². The molecular weight excluding hydrogens is 342 g/mol. The van der Waals surface area contributed by atoms with E-state index in [1.54, 1.807) is 0 Å². The molecule has 144 valence electrons. The molecule has 3 aromatic rings. The minimum atomic E-state index is -0.265. The first kappa shape index (κ1) is 19.1. The van der Waals surface area contributed by atoms with Crippen molar-refractivity contribution in [3.05, 3.63) is 46.4 Å². The Balaban J connectivity index is 1.80. The molecule has 7 nitrogen and oxygen atoms in total. The van der Waals surface area contributed by atoms with E-state index in [0.29, 0.717) is 12.2 Å². The number of aromatic nitrogens is 3. The standard InChI is InChI=1S/C20H27N5O2/c1-4-23(5-2)12-8-11-21-19(27)14-24-17-10-7-6-9-16(17)20-22-18(26)13-15(3)25(20)24/h6-7,9-10,13H,4-5,8,11-12,14H2,1-3H3,(H,21,27)/p+1. The topological polar surface area (TPSA) is 72.8 Å². The molecule has 0 unspecified atom stereocenters. The first-order valence-electron chi connectivity index (χ1n) is 9.63. The van der Waals surface area contributed by atoms with Gasteiger partial charge in [-0.2, -0.15) is 4.98 Å². The Morgan fingerprint density at radius 2 is 1.96 bits per heavy atom. The summed E-state index contributed by atoms with van der Waals surface area (Å²) < 4.78 is 3.74. The van der Waals surface area contributed by atoms with Crippen molar-refractivity contribution in [3.8, 4) is 0 Å². The molecule has 0 saturated carbocycles. The number of fused-ring (bicyclic) bond motifs is 3. The molecule has 2 aromatic heterocycles. The summed E-state index contributed by atoms with van der Waals surface area (Å²) in [5.41, 5.74) is 1.98. The van der Waals surface area contributed by atoms with Gasteiger partial charge in [0.15, 0.2) is 5.65 Å². The Labute approximate surface area is 158 Å². The quantitative estimate of drug-likeness (QED) is 0.564. The number of nitrogens with zero attached hydrogens (tertiary/aromatic N) is 3. The predicted octanol–water partition coefficient (Wildman–Crippen LogP) is 0.389. The Bertz CT molecular complexity index is 1000. The van der Waals surface area contributed by atoms with E-state index in [1.165, 1.54) is 11.0 Å². The highest BCUT2D eigenvalue weighted by atomic mass is 16.2. The van der Waals surface area contributed by atoms with Crippen LogP contribution >= 0.6 is 0 Å². The minimum Gasteiger partial charge on any atom is -0.354 e. The van der Waals surface area contributed by atoms with E-state index in [4.69, 9.17) is 0 Å². The highest BCUT2D eigenvalue weighted by molar-refractivity contribution is 5.93. The first-order valence-corrected chi connectivity index (χ1v) is 9.63. The lowest BCUT2D eigenvalue weighted by Crippen LogP contribution is -3.11. The maximum atomic E-state index is 12.5. The zero-order chi connectivity index (χ0) is 19.4. The molecule has 0 aliphatic rings. The smallest absolute Gasteiger partial charge is 0.273 e. The van der Waals surface area contributed by atoms with Crippen LogP contribution in [0.15, 0.2) is 35.1 Å². The van der Waals surface area contributed by atoms with Gasteiger partial charge in [-0.1, -0.05) is 12.1 Å². The van der Waals surface area contributed by atoms with E-state index >= 15 is 0 Å². The van der Waals surface area contributed by atoms with Crippen molar-refractivity contribution in [2.24, 2.45) is 0 Å². The molecule has 0 aliphatic carbocycles. The number of aryl methyl sites for hydroxylation is 1. The van der Waals surface area contributed by atoms with Crippen molar-refractivity contribution in [2.75, 3.05) is 26.2 Å². The number of quaternary nitrogens is 1. The lowest BCUT2D eigenvalue weighted by Gasteiger charge is -2.15. The van der Waals surface area contributed by atoms with E-state index in [9.17, 15) is 9.59 Å². The number of para-hydroxylation sites is 1. The van der Waals surface area contributed by atoms with Gasteiger partial charge in [-0.3, -0.25) is 14.3 Å². The van der Waals surface area contributed by atoms with Gasteiger partial charge in [-0.15, -0.1) is 0 Å². The van der Waals surface area contributed by atoms with Crippen LogP contribution in [0.2, 0.25) is 0 Å². The summed E-state index contributed by atoms with van der Waals surface area (Å²) in [6.45, 7) is 10.4. The van der Waals surface area contributed by atoms with E-state index in [-0.39, 0.29) is 18.0 Å². The molecule has 2 heterocycles. The summed E-state index contributed by atoms with van der Waals surface area (Å²) in [5, 5.41) is 3.89. The average molecular weight is 370 g/mol. The fraction of sp³-hybridized carbons (Fsp3) is 0.450. The van der Waals surface area contributed by atoms with Gasteiger partial charge in [0.2, 0.25) is 5.91 Å². The zero-order valence-corrected chi connectivity index (χ0v) is 16.3. The Kier molecular flexibility index (Phi) is 5.91. The third-order valence-electron chi connectivity index (χ3n) is 5.07. The molecule has 0 aliphatic heterocycles. The van der Waals surface area contributed by atoms with Gasteiger partial charge >= 0.3 is 0 Å². The van der Waals surface area contributed by atoms with Gasteiger partial charge in [0.1, 0.15) is 6.54 Å².